The van der Waals surface area contributed by atoms with Crippen molar-refractivity contribution in [3.8, 4) is 0 Å². The fourth-order valence-corrected chi connectivity index (χ4v) is 0.909. The summed E-state index contributed by atoms with van der Waals surface area (Å²) in [4.78, 5) is 10.9. The van der Waals surface area contributed by atoms with Crippen molar-refractivity contribution in [1.29, 1.82) is 0 Å². The van der Waals surface area contributed by atoms with Crippen molar-refractivity contribution in [2.75, 3.05) is 7.11 Å². The van der Waals surface area contributed by atoms with Gasteiger partial charge in [-0.05, 0) is 12.5 Å². The van der Waals surface area contributed by atoms with E-state index in [0.717, 1.165) is 12.0 Å². The summed E-state index contributed by atoms with van der Waals surface area (Å²) in [5.41, 5.74) is 1.51. The van der Waals surface area contributed by atoms with E-state index in [2.05, 4.69) is 11.3 Å². The minimum absolute atomic E-state index is 0.304. The lowest BCUT2D eigenvalue weighted by atomic mass is 10.0. The Labute approximate surface area is 65.9 Å². The molecule has 2 nitrogen and oxygen atoms in total. The van der Waals surface area contributed by atoms with Crippen molar-refractivity contribution in [3.63, 3.8) is 0 Å². The first-order valence-electron chi connectivity index (χ1n) is 3.38. The van der Waals surface area contributed by atoms with Gasteiger partial charge in [0.2, 0.25) is 0 Å². The molecule has 0 spiro atoms. The standard InChI is InChI=1S/C9H10O2/c1-7-4-3-5-8(6-7)9(10)11-2/h3,5-6H,1,4H2,2H3. The fourth-order valence-electron chi connectivity index (χ4n) is 0.909. The summed E-state index contributed by atoms with van der Waals surface area (Å²) in [5.74, 6) is -0.304. The van der Waals surface area contributed by atoms with Crippen LogP contribution in [0.1, 0.15) is 6.42 Å². The first-order valence-corrected chi connectivity index (χ1v) is 3.38. The summed E-state index contributed by atoms with van der Waals surface area (Å²) in [6.45, 7) is 3.75. The molecule has 0 fully saturated rings. The van der Waals surface area contributed by atoms with E-state index < -0.39 is 0 Å². The molecule has 0 amide bonds. The Balaban J connectivity index is 2.79. The fraction of sp³-hybridized carbons (Fsp3) is 0.222. The Hall–Kier alpha value is -1.31. The van der Waals surface area contributed by atoms with Gasteiger partial charge in [0.05, 0.1) is 12.7 Å². The third kappa shape index (κ3) is 1.80. The van der Waals surface area contributed by atoms with Crippen LogP contribution < -0.4 is 0 Å². The number of carbonyl (C=O) groups excluding carboxylic acids is 1. The number of hydrogen-bond donors (Lipinski definition) is 0. The van der Waals surface area contributed by atoms with Crippen molar-refractivity contribution in [1.82, 2.24) is 0 Å². The minimum Gasteiger partial charge on any atom is -0.465 e. The zero-order valence-corrected chi connectivity index (χ0v) is 6.46. The number of hydrogen-bond acceptors (Lipinski definition) is 2. The largest absolute Gasteiger partial charge is 0.465 e. The van der Waals surface area contributed by atoms with Crippen LogP contribution in [-0.2, 0) is 9.53 Å². The van der Waals surface area contributed by atoms with Gasteiger partial charge >= 0.3 is 5.97 Å². The quantitative estimate of drug-likeness (QED) is 0.531. The zero-order chi connectivity index (χ0) is 8.27. The van der Waals surface area contributed by atoms with Gasteiger partial charge in [0, 0.05) is 0 Å². The number of ether oxygens (including phenoxy) is 1. The average Bonchev–Trinajstić information content (AvgIpc) is 2.03. The summed E-state index contributed by atoms with van der Waals surface area (Å²) >= 11 is 0. The highest BCUT2D eigenvalue weighted by molar-refractivity contribution is 5.92. The third-order valence-corrected chi connectivity index (χ3v) is 1.46. The van der Waals surface area contributed by atoms with Gasteiger partial charge in [0.25, 0.3) is 0 Å². The maximum Gasteiger partial charge on any atom is 0.337 e. The highest BCUT2D eigenvalue weighted by Crippen LogP contribution is 2.14. The van der Waals surface area contributed by atoms with Crippen molar-refractivity contribution in [2.24, 2.45) is 0 Å². The average molecular weight is 150 g/mol. The predicted molar refractivity (Wildman–Crippen MR) is 43.0 cm³/mol. The van der Waals surface area contributed by atoms with Gasteiger partial charge < -0.3 is 4.74 Å². The highest BCUT2D eigenvalue weighted by atomic mass is 16.5. The van der Waals surface area contributed by atoms with Crippen molar-refractivity contribution in [3.05, 3.63) is 36.0 Å². The maximum atomic E-state index is 10.9. The molecule has 0 N–H and O–H groups in total. The van der Waals surface area contributed by atoms with Crippen LogP contribution in [0.2, 0.25) is 0 Å². The lowest BCUT2D eigenvalue weighted by Gasteiger charge is -2.05. The summed E-state index contributed by atoms with van der Waals surface area (Å²) < 4.78 is 4.54. The molecule has 0 saturated carbocycles. The molecule has 2 heteroatoms. The third-order valence-electron chi connectivity index (χ3n) is 1.46. The molecule has 11 heavy (non-hydrogen) atoms. The molecular formula is C9H10O2. The van der Waals surface area contributed by atoms with E-state index in [1.165, 1.54) is 7.11 Å². The van der Waals surface area contributed by atoms with Gasteiger partial charge in [-0.3, -0.25) is 0 Å². The van der Waals surface area contributed by atoms with Crippen molar-refractivity contribution < 1.29 is 9.53 Å². The molecule has 0 radical (unpaired) electrons. The summed E-state index contributed by atoms with van der Waals surface area (Å²) in [5, 5.41) is 0. The van der Waals surface area contributed by atoms with Gasteiger partial charge in [-0.2, -0.15) is 0 Å². The Morgan fingerprint density at radius 3 is 3.00 bits per heavy atom. The molecule has 0 aromatic rings. The van der Waals surface area contributed by atoms with E-state index in [4.69, 9.17) is 0 Å². The Morgan fingerprint density at radius 1 is 1.73 bits per heavy atom. The van der Waals surface area contributed by atoms with E-state index >= 15 is 0 Å². The van der Waals surface area contributed by atoms with Crippen LogP contribution in [0, 0.1) is 0 Å². The Kier molecular flexibility index (Phi) is 2.26. The second kappa shape index (κ2) is 3.19. The summed E-state index contributed by atoms with van der Waals surface area (Å²) in [6, 6.07) is 0. The molecule has 0 unspecified atom stereocenters. The maximum absolute atomic E-state index is 10.9. The van der Waals surface area contributed by atoms with Crippen LogP contribution in [0.5, 0.6) is 0 Å². The van der Waals surface area contributed by atoms with Gasteiger partial charge in [-0.15, -0.1) is 0 Å². The van der Waals surface area contributed by atoms with Crippen LogP contribution in [0.25, 0.3) is 0 Å². The summed E-state index contributed by atoms with van der Waals surface area (Å²) in [6.07, 6.45) is 6.21. The van der Waals surface area contributed by atoms with Gasteiger partial charge in [-0.1, -0.05) is 24.3 Å². The number of methoxy groups -OCH3 is 1. The molecule has 0 heterocycles. The van der Waals surface area contributed by atoms with Crippen LogP contribution in [0.3, 0.4) is 0 Å². The van der Waals surface area contributed by atoms with Gasteiger partial charge in [0.1, 0.15) is 0 Å². The number of esters is 1. The van der Waals surface area contributed by atoms with Crippen molar-refractivity contribution >= 4 is 5.97 Å². The predicted octanol–water partition coefficient (Wildman–Crippen LogP) is 1.60. The monoisotopic (exact) mass is 150 g/mol. The zero-order valence-electron chi connectivity index (χ0n) is 6.46. The van der Waals surface area contributed by atoms with Crippen LogP contribution in [0.4, 0.5) is 0 Å². The smallest absolute Gasteiger partial charge is 0.337 e. The molecule has 0 saturated heterocycles. The van der Waals surface area contributed by atoms with Gasteiger partial charge in [-0.25, -0.2) is 4.79 Å². The molecule has 0 aliphatic heterocycles. The molecule has 58 valence electrons. The number of carbonyl (C=O) groups is 1. The summed E-state index contributed by atoms with van der Waals surface area (Å²) in [7, 11) is 1.37. The molecule has 1 rings (SSSR count). The van der Waals surface area contributed by atoms with Crippen molar-refractivity contribution in [2.45, 2.75) is 6.42 Å². The molecule has 0 atom stereocenters. The van der Waals surface area contributed by atoms with E-state index in [1.54, 1.807) is 12.2 Å². The molecule has 1 aliphatic rings. The topological polar surface area (TPSA) is 26.3 Å². The second-order valence-electron chi connectivity index (χ2n) is 2.36. The van der Waals surface area contributed by atoms with E-state index in [9.17, 15) is 4.79 Å². The molecule has 1 aliphatic carbocycles. The second-order valence-corrected chi connectivity index (χ2v) is 2.36. The van der Waals surface area contributed by atoms with Crippen LogP contribution in [0.15, 0.2) is 36.0 Å². The molecule has 0 aromatic heterocycles. The molecular weight excluding hydrogens is 140 g/mol. The van der Waals surface area contributed by atoms with E-state index in [0.29, 0.717) is 5.57 Å². The SMILES string of the molecule is C=C1C=C(C(=O)OC)C=CC1. The molecule has 0 aromatic carbocycles. The molecule has 0 bridgehead atoms. The van der Waals surface area contributed by atoms with Gasteiger partial charge in [0.15, 0.2) is 0 Å². The van der Waals surface area contributed by atoms with Crippen LogP contribution >= 0.6 is 0 Å². The number of allylic oxidation sites excluding steroid dienone is 3. The Bertz CT molecular complexity index is 246. The van der Waals surface area contributed by atoms with E-state index in [-0.39, 0.29) is 5.97 Å². The van der Waals surface area contributed by atoms with E-state index in [1.807, 2.05) is 6.08 Å². The number of rotatable bonds is 1. The van der Waals surface area contributed by atoms with Crippen LogP contribution in [-0.4, -0.2) is 13.1 Å². The Morgan fingerprint density at radius 2 is 2.45 bits per heavy atom. The first kappa shape index (κ1) is 7.79. The first-order chi connectivity index (χ1) is 5.24. The lowest BCUT2D eigenvalue weighted by Crippen LogP contribution is -2.04. The minimum atomic E-state index is -0.304. The normalized spacial score (nSPS) is 16.1. The lowest BCUT2D eigenvalue weighted by molar-refractivity contribution is -0.135. The highest BCUT2D eigenvalue weighted by Gasteiger charge is 2.08.